The molecule has 1 aliphatic heterocycles. The molecule has 106 valence electrons. The van der Waals surface area contributed by atoms with Gasteiger partial charge in [-0.2, -0.15) is 0 Å². The Morgan fingerprint density at radius 1 is 1.44 bits per heavy atom. The van der Waals surface area contributed by atoms with E-state index in [0.29, 0.717) is 6.04 Å². The van der Waals surface area contributed by atoms with Gasteiger partial charge in [0.2, 0.25) is 0 Å². The average molecular weight is 256 g/mol. The van der Waals surface area contributed by atoms with Crippen molar-refractivity contribution >= 4 is 5.97 Å². The van der Waals surface area contributed by atoms with Crippen molar-refractivity contribution in [3.8, 4) is 0 Å². The lowest BCUT2D eigenvalue weighted by Gasteiger charge is -2.38. The zero-order valence-corrected chi connectivity index (χ0v) is 12.5. The number of hydrogen-bond donors (Lipinski definition) is 1. The molecule has 0 aromatic rings. The number of likely N-dealkylation sites (N-methyl/N-ethyl adjacent to an activating group) is 1. The number of methoxy groups -OCH3 is 1. The molecule has 1 heterocycles. The Labute approximate surface area is 111 Å². The first-order valence-electron chi connectivity index (χ1n) is 6.94. The molecule has 1 saturated heterocycles. The van der Waals surface area contributed by atoms with Crippen LogP contribution in [0.5, 0.6) is 0 Å². The zero-order chi connectivity index (χ0) is 13.8. The molecule has 3 unspecified atom stereocenters. The first-order valence-corrected chi connectivity index (χ1v) is 6.94. The van der Waals surface area contributed by atoms with Crippen molar-refractivity contribution in [2.45, 2.75) is 51.6 Å². The fourth-order valence-corrected chi connectivity index (χ4v) is 2.61. The third-order valence-corrected chi connectivity index (χ3v) is 4.33. The molecule has 1 fully saturated rings. The number of ether oxygens (including phenoxy) is 1. The minimum absolute atomic E-state index is 0.178. The summed E-state index contributed by atoms with van der Waals surface area (Å²) in [6.45, 7) is 8.58. The van der Waals surface area contributed by atoms with E-state index in [2.05, 4.69) is 24.1 Å². The highest BCUT2D eigenvalue weighted by Crippen LogP contribution is 2.23. The van der Waals surface area contributed by atoms with Crippen LogP contribution in [-0.4, -0.2) is 49.7 Å². The lowest BCUT2D eigenvalue weighted by Crippen LogP contribution is -2.52. The van der Waals surface area contributed by atoms with Crippen molar-refractivity contribution < 1.29 is 9.53 Å². The molecule has 4 heteroatoms. The van der Waals surface area contributed by atoms with Crippen molar-refractivity contribution in [1.29, 1.82) is 0 Å². The van der Waals surface area contributed by atoms with Crippen LogP contribution in [0, 0.1) is 5.92 Å². The number of carbonyl (C=O) groups is 1. The van der Waals surface area contributed by atoms with Crippen molar-refractivity contribution in [3.05, 3.63) is 0 Å². The van der Waals surface area contributed by atoms with Crippen LogP contribution >= 0.6 is 0 Å². The molecule has 0 saturated carbocycles. The highest BCUT2D eigenvalue weighted by atomic mass is 16.5. The van der Waals surface area contributed by atoms with Crippen LogP contribution in [0.2, 0.25) is 0 Å². The number of esters is 1. The van der Waals surface area contributed by atoms with E-state index in [1.54, 1.807) is 0 Å². The maximum absolute atomic E-state index is 11.8. The Morgan fingerprint density at radius 3 is 2.67 bits per heavy atom. The van der Waals surface area contributed by atoms with E-state index < -0.39 is 5.54 Å². The number of carbonyl (C=O) groups excluding carboxylic acids is 1. The summed E-state index contributed by atoms with van der Waals surface area (Å²) < 4.78 is 4.87. The molecule has 4 nitrogen and oxygen atoms in total. The molecule has 0 radical (unpaired) electrons. The summed E-state index contributed by atoms with van der Waals surface area (Å²) in [6.07, 6.45) is 3.36. The van der Waals surface area contributed by atoms with Gasteiger partial charge in [-0.15, -0.1) is 0 Å². The Balaban J connectivity index is 2.54. The van der Waals surface area contributed by atoms with E-state index in [9.17, 15) is 4.79 Å². The molecule has 1 aliphatic rings. The van der Waals surface area contributed by atoms with Crippen LogP contribution in [0.1, 0.15) is 40.0 Å². The van der Waals surface area contributed by atoms with Gasteiger partial charge in [-0.05, 0) is 46.1 Å². The zero-order valence-electron chi connectivity index (χ0n) is 12.5. The normalized spacial score (nSPS) is 28.7. The molecule has 0 bridgehead atoms. The Kier molecular flexibility index (Phi) is 5.60. The standard InChI is InChI=1S/C14H28N2O2/c1-11-6-7-12(2)16(10-11)9-8-14(3,15-4)13(17)18-5/h11-12,15H,6-10H2,1-5H3. The first-order chi connectivity index (χ1) is 8.42. The van der Waals surface area contributed by atoms with Gasteiger partial charge in [-0.1, -0.05) is 6.92 Å². The summed E-state index contributed by atoms with van der Waals surface area (Å²) in [7, 11) is 3.27. The summed E-state index contributed by atoms with van der Waals surface area (Å²) in [6, 6.07) is 0.625. The molecule has 1 N–H and O–H groups in total. The molecular weight excluding hydrogens is 228 g/mol. The number of likely N-dealkylation sites (tertiary alicyclic amines) is 1. The number of piperidine rings is 1. The molecule has 3 atom stereocenters. The quantitative estimate of drug-likeness (QED) is 0.759. The molecule has 0 amide bonds. The SMILES string of the molecule is CNC(C)(CCN1CC(C)CCC1C)C(=O)OC. The van der Waals surface area contributed by atoms with Gasteiger partial charge in [0, 0.05) is 19.1 Å². The van der Waals surface area contributed by atoms with Crippen LogP contribution in [0.15, 0.2) is 0 Å². The van der Waals surface area contributed by atoms with Crippen LogP contribution in [0.3, 0.4) is 0 Å². The monoisotopic (exact) mass is 256 g/mol. The van der Waals surface area contributed by atoms with E-state index >= 15 is 0 Å². The Morgan fingerprint density at radius 2 is 2.11 bits per heavy atom. The number of nitrogens with one attached hydrogen (secondary N) is 1. The summed E-state index contributed by atoms with van der Waals surface area (Å²) in [5, 5.41) is 3.09. The smallest absolute Gasteiger partial charge is 0.325 e. The topological polar surface area (TPSA) is 41.6 Å². The third kappa shape index (κ3) is 3.69. The summed E-state index contributed by atoms with van der Waals surface area (Å²) in [5.41, 5.74) is -0.574. The number of rotatable bonds is 5. The first kappa shape index (κ1) is 15.4. The van der Waals surface area contributed by atoms with Crippen molar-refractivity contribution in [3.63, 3.8) is 0 Å². The van der Waals surface area contributed by atoms with E-state index in [1.807, 2.05) is 14.0 Å². The van der Waals surface area contributed by atoms with Crippen molar-refractivity contribution in [2.24, 2.45) is 5.92 Å². The number of hydrogen-bond acceptors (Lipinski definition) is 4. The lowest BCUT2D eigenvalue weighted by molar-refractivity contribution is -0.148. The summed E-state index contributed by atoms with van der Waals surface area (Å²) in [5.74, 6) is 0.586. The molecule has 0 spiro atoms. The maximum Gasteiger partial charge on any atom is 0.325 e. The second-order valence-corrected chi connectivity index (χ2v) is 5.85. The average Bonchev–Trinajstić information content (AvgIpc) is 2.38. The summed E-state index contributed by atoms with van der Waals surface area (Å²) >= 11 is 0. The molecule has 0 aromatic heterocycles. The van der Waals surface area contributed by atoms with Gasteiger partial charge in [0.25, 0.3) is 0 Å². The Hall–Kier alpha value is -0.610. The predicted octanol–water partition coefficient (Wildman–Crippen LogP) is 1.65. The van der Waals surface area contributed by atoms with Gasteiger partial charge in [-0.25, -0.2) is 0 Å². The van der Waals surface area contributed by atoms with Crippen LogP contribution in [-0.2, 0) is 9.53 Å². The maximum atomic E-state index is 11.8. The number of nitrogens with zero attached hydrogens (tertiary/aromatic N) is 1. The van der Waals surface area contributed by atoms with Crippen LogP contribution < -0.4 is 5.32 Å². The fourth-order valence-electron chi connectivity index (χ4n) is 2.61. The highest BCUT2D eigenvalue weighted by Gasteiger charge is 2.34. The van der Waals surface area contributed by atoms with E-state index in [1.165, 1.54) is 20.0 Å². The van der Waals surface area contributed by atoms with Gasteiger partial charge in [0.05, 0.1) is 7.11 Å². The fraction of sp³-hybridized carbons (Fsp3) is 0.929. The lowest BCUT2D eigenvalue weighted by atomic mass is 9.92. The van der Waals surface area contributed by atoms with Crippen LogP contribution in [0.25, 0.3) is 0 Å². The largest absolute Gasteiger partial charge is 0.468 e. The highest BCUT2D eigenvalue weighted by molar-refractivity contribution is 5.80. The Bertz CT molecular complexity index is 283. The van der Waals surface area contributed by atoms with Crippen LogP contribution in [0.4, 0.5) is 0 Å². The molecule has 0 aliphatic carbocycles. The second-order valence-electron chi connectivity index (χ2n) is 5.85. The van der Waals surface area contributed by atoms with Gasteiger partial charge in [-0.3, -0.25) is 4.79 Å². The third-order valence-electron chi connectivity index (χ3n) is 4.33. The van der Waals surface area contributed by atoms with Gasteiger partial charge in [0.1, 0.15) is 5.54 Å². The van der Waals surface area contributed by atoms with Crippen molar-refractivity contribution in [1.82, 2.24) is 10.2 Å². The molecule has 0 aromatic carbocycles. The predicted molar refractivity (Wildman–Crippen MR) is 73.5 cm³/mol. The van der Waals surface area contributed by atoms with Gasteiger partial charge < -0.3 is 15.0 Å². The minimum Gasteiger partial charge on any atom is -0.468 e. The molecule has 18 heavy (non-hydrogen) atoms. The summed E-state index contributed by atoms with van der Waals surface area (Å²) in [4.78, 5) is 14.3. The van der Waals surface area contributed by atoms with E-state index in [4.69, 9.17) is 4.74 Å². The second kappa shape index (κ2) is 6.53. The minimum atomic E-state index is -0.574. The van der Waals surface area contributed by atoms with Gasteiger partial charge in [0.15, 0.2) is 0 Å². The molecular formula is C14H28N2O2. The van der Waals surface area contributed by atoms with Crippen molar-refractivity contribution in [2.75, 3.05) is 27.2 Å². The molecule has 1 rings (SSSR count). The van der Waals surface area contributed by atoms with E-state index in [0.717, 1.165) is 25.4 Å². The van der Waals surface area contributed by atoms with Gasteiger partial charge >= 0.3 is 5.97 Å². The van der Waals surface area contributed by atoms with E-state index in [-0.39, 0.29) is 5.97 Å².